The molecule has 0 saturated heterocycles. The van der Waals surface area contributed by atoms with Gasteiger partial charge >= 0.3 is 5.97 Å². The average Bonchev–Trinajstić information content (AvgIpc) is 3.22. The van der Waals surface area contributed by atoms with Crippen LogP contribution >= 0.6 is 0 Å². The van der Waals surface area contributed by atoms with Gasteiger partial charge in [0, 0.05) is 23.7 Å². The first-order valence-corrected chi connectivity index (χ1v) is 12.8. The van der Waals surface area contributed by atoms with Gasteiger partial charge in [0.1, 0.15) is 18.2 Å². The second-order valence-corrected chi connectivity index (χ2v) is 9.61. The van der Waals surface area contributed by atoms with Gasteiger partial charge in [0.15, 0.2) is 0 Å². The molecule has 1 heterocycles. The van der Waals surface area contributed by atoms with Crippen molar-refractivity contribution >= 4 is 5.97 Å². The van der Waals surface area contributed by atoms with E-state index in [1.807, 2.05) is 22.9 Å². The standard InChI is InChI=1S/C29H35FN2O4/c1-3-7-26-28(22-8-5-4-6-9-22)29(24-15-14-23(35-2)16-25(24)30)32(31-26)17-20-10-12-21(13-11-20)18-36-19-27(33)34/h4-6,8-9,14-16,20-21H,3,7,10-13,17-19H2,1-2H3,(H,33,34)/t20-,21+. The fraction of sp³-hybridized carbons (Fsp3) is 0.448. The third-order valence-electron chi connectivity index (χ3n) is 6.98. The van der Waals surface area contributed by atoms with Gasteiger partial charge in [0.05, 0.1) is 25.1 Å². The Morgan fingerprint density at radius 1 is 1.11 bits per heavy atom. The first kappa shape index (κ1) is 25.9. The highest BCUT2D eigenvalue weighted by Crippen LogP contribution is 2.39. The van der Waals surface area contributed by atoms with Crippen LogP contribution in [0.5, 0.6) is 5.75 Å². The predicted molar refractivity (Wildman–Crippen MR) is 138 cm³/mol. The Bertz CT molecular complexity index is 1150. The topological polar surface area (TPSA) is 73.6 Å². The van der Waals surface area contributed by atoms with Crippen molar-refractivity contribution in [2.45, 2.75) is 52.0 Å². The second kappa shape index (κ2) is 12.2. The first-order chi connectivity index (χ1) is 17.5. The Labute approximate surface area is 212 Å². The first-order valence-electron chi connectivity index (χ1n) is 12.8. The quantitative estimate of drug-likeness (QED) is 0.342. The van der Waals surface area contributed by atoms with Gasteiger partial charge in [-0.1, -0.05) is 43.7 Å². The molecule has 1 saturated carbocycles. The summed E-state index contributed by atoms with van der Waals surface area (Å²) in [4.78, 5) is 10.7. The van der Waals surface area contributed by atoms with Crippen LogP contribution in [0.25, 0.3) is 22.4 Å². The van der Waals surface area contributed by atoms with Crippen molar-refractivity contribution < 1.29 is 23.8 Å². The summed E-state index contributed by atoms with van der Waals surface area (Å²) in [5, 5.41) is 13.8. The van der Waals surface area contributed by atoms with Gasteiger partial charge in [0.25, 0.3) is 0 Å². The number of hydrogen-bond acceptors (Lipinski definition) is 4. The predicted octanol–water partition coefficient (Wildman–Crippen LogP) is 6.22. The number of ether oxygens (including phenoxy) is 2. The molecule has 0 bridgehead atoms. The molecule has 6 nitrogen and oxygen atoms in total. The fourth-order valence-corrected chi connectivity index (χ4v) is 5.19. The third kappa shape index (κ3) is 6.13. The molecular formula is C29H35FN2O4. The van der Waals surface area contributed by atoms with Gasteiger partial charge in [-0.25, -0.2) is 9.18 Å². The smallest absolute Gasteiger partial charge is 0.329 e. The van der Waals surface area contributed by atoms with Crippen molar-refractivity contribution in [2.24, 2.45) is 11.8 Å². The van der Waals surface area contributed by atoms with E-state index >= 15 is 4.39 Å². The van der Waals surface area contributed by atoms with Crippen LogP contribution in [0.2, 0.25) is 0 Å². The van der Waals surface area contributed by atoms with Crippen molar-refractivity contribution in [2.75, 3.05) is 20.3 Å². The van der Waals surface area contributed by atoms with Crippen LogP contribution in [-0.2, 0) is 22.5 Å². The van der Waals surface area contributed by atoms with Gasteiger partial charge in [-0.3, -0.25) is 4.68 Å². The zero-order chi connectivity index (χ0) is 25.5. The van der Waals surface area contributed by atoms with Crippen LogP contribution in [0.15, 0.2) is 48.5 Å². The highest BCUT2D eigenvalue weighted by atomic mass is 19.1. The van der Waals surface area contributed by atoms with Crippen LogP contribution in [0.4, 0.5) is 4.39 Å². The monoisotopic (exact) mass is 494 g/mol. The third-order valence-corrected chi connectivity index (χ3v) is 6.98. The molecule has 1 fully saturated rings. The number of aliphatic carboxylic acids is 1. The molecule has 4 rings (SSSR count). The maximum atomic E-state index is 15.4. The molecule has 1 N–H and O–H groups in total. The molecule has 0 radical (unpaired) electrons. The highest BCUT2D eigenvalue weighted by molar-refractivity contribution is 5.83. The Kier molecular flexibility index (Phi) is 8.75. The zero-order valence-electron chi connectivity index (χ0n) is 21.1. The number of aromatic nitrogens is 2. The van der Waals surface area contributed by atoms with E-state index < -0.39 is 5.97 Å². The molecule has 3 aromatic rings. The minimum absolute atomic E-state index is 0.244. The van der Waals surface area contributed by atoms with E-state index in [1.54, 1.807) is 12.1 Å². The Morgan fingerprint density at radius 3 is 2.47 bits per heavy atom. The van der Waals surface area contributed by atoms with Gasteiger partial charge in [-0.05, 0) is 61.6 Å². The normalized spacial score (nSPS) is 17.8. The summed E-state index contributed by atoms with van der Waals surface area (Å²) in [7, 11) is 1.54. The van der Waals surface area contributed by atoms with Gasteiger partial charge in [-0.15, -0.1) is 0 Å². The van der Waals surface area contributed by atoms with Crippen molar-refractivity contribution in [3.63, 3.8) is 0 Å². The molecule has 0 unspecified atom stereocenters. The number of benzene rings is 2. The van der Waals surface area contributed by atoms with Crippen molar-refractivity contribution in [1.82, 2.24) is 9.78 Å². The zero-order valence-corrected chi connectivity index (χ0v) is 21.1. The minimum Gasteiger partial charge on any atom is -0.497 e. The summed E-state index contributed by atoms with van der Waals surface area (Å²) in [6.45, 7) is 3.09. The number of carbonyl (C=O) groups is 1. The lowest BCUT2D eigenvalue weighted by atomic mass is 9.82. The van der Waals surface area contributed by atoms with Crippen LogP contribution < -0.4 is 4.74 Å². The van der Waals surface area contributed by atoms with Crippen molar-refractivity contribution in [3.05, 3.63) is 60.0 Å². The molecule has 0 atom stereocenters. The van der Waals surface area contributed by atoms with Crippen molar-refractivity contribution in [3.8, 4) is 28.1 Å². The second-order valence-electron chi connectivity index (χ2n) is 9.61. The number of methoxy groups -OCH3 is 1. The Balaban J connectivity index is 1.65. The van der Waals surface area contributed by atoms with E-state index in [0.717, 1.165) is 61.0 Å². The van der Waals surface area contributed by atoms with E-state index in [2.05, 4.69) is 19.1 Å². The molecule has 36 heavy (non-hydrogen) atoms. The summed E-state index contributed by atoms with van der Waals surface area (Å²) in [6.07, 6.45) is 5.76. The van der Waals surface area contributed by atoms with E-state index in [9.17, 15) is 4.79 Å². The largest absolute Gasteiger partial charge is 0.497 e. The van der Waals surface area contributed by atoms with E-state index in [1.165, 1.54) is 13.2 Å². The number of halogens is 1. The van der Waals surface area contributed by atoms with Crippen LogP contribution in [0.3, 0.4) is 0 Å². The molecule has 0 amide bonds. The van der Waals surface area contributed by atoms with Gasteiger partial charge in [-0.2, -0.15) is 5.10 Å². The lowest BCUT2D eigenvalue weighted by Gasteiger charge is -2.28. The maximum absolute atomic E-state index is 15.4. The number of nitrogens with zero attached hydrogens (tertiary/aromatic N) is 2. The molecular weight excluding hydrogens is 459 g/mol. The molecule has 1 aromatic heterocycles. The van der Waals surface area contributed by atoms with Gasteiger partial charge < -0.3 is 14.6 Å². The number of rotatable bonds is 11. The summed E-state index contributed by atoms with van der Waals surface area (Å²) in [5.41, 5.74) is 4.37. The SMILES string of the molecule is CCCc1nn(C[C@H]2CC[C@@H](COCC(=O)O)CC2)c(-c2ccc(OC)cc2F)c1-c1ccccc1. The van der Waals surface area contributed by atoms with E-state index in [-0.39, 0.29) is 12.4 Å². The van der Waals surface area contributed by atoms with E-state index in [4.69, 9.17) is 19.7 Å². The molecule has 0 aliphatic heterocycles. The Morgan fingerprint density at radius 2 is 1.83 bits per heavy atom. The number of carboxylic acid groups (broad SMARTS) is 1. The molecule has 192 valence electrons. The van der Waals surface area contributed by atoms with Crippen molar-refractivity contribution in [1.29, 1.82) is 0 Å². The van der Waals surface area contributed by atoms with Crippen LogP contribution in [0.1, 0.15) is 44.7 Å². The summed E-state index contributed by atoms with van der Waals surface area (Å²) >= 11 is 0. The number of carboxylic acids is 1. The molecule has 1 aliphatic carbocycles. The van der Waals surface area contributed by atoms with Gasteiger partial charge in [0.2, 0.25) is 0 Å². The molecule has 7 heteroatoms. The minimum atomic E-state index is -0.933. The summed E-state index contributed by atoms with van der Waals surface area (Å²) in [6, 6.07) is 15.1. The molecule has 1 aliphatic rings. The Hall–Kier alpha value is -3.19. The lowest BCUT2D eigenvalue weighted by Crippen LogP contribution is -2.23. The molecule has 2 aromatic carbocycles. The fourth-order valence-electron chi connectivity index (χ4n) is 5.19. The van der Waals surface area contributed by atoms with Crippen LogP contribution in [-0.4, -0.2) is 41.2 Å². The highest BCUT2D eigenvalue weighted by Gasteiger charge is 2.27. The maximum Gasteiger partial charge on any atom is 0.329 e. The van der Waals surface area contributed by atoms with Crippen LogP contribution in [0, 0.1) is 17.7 Å². The van der Waals surface area contributed by atoms with E-state index in [0.29, 0.717) is 36.3 Å². The average molecular weight is 495 g/mol. The molecule has 0 spiro atoms. The number of hydrogen-bond donors (Lipinski definition) is 1. The lowest BCUT2D eigenvalue weighted by molar-refractivity contribution is -0.142. The summed E-state index contributed by atoms with van der Waals surface area (Å²) < 4.78 is 28.0. The summed E-state index contributed by atoms with van der Waals surface area (Å²) in [5.74, 6) is 0.0274. The number of aryl methyl sites for hydroxylation is 1.